The van der Waals surface area contributed by atoms with Crippen molar-refractivity contribution in [1.82, 2.24) is 9.38 Å². The summed E-state index contributed by atoms with van der Waals surface area (Å²) in [7, 11) is 0. The summed E-state index contributed by atoms with van der Waals surface area (Å²) in [5.74, 6) is 0. The Balaban J connectivity index is 2.31. The third-order valence-electron chi connectivity index (χ3n) is 2.95. The van der Waals surface area contributed by atoms with Gasteiger partial charge in [-0.3, -0.25) is 0 Å². The molecular weight excluding hydrogens is 321 g/mol. The minimum Gasteiger partial charge on any atom is -0.306 e. The third kappa shape index (κ3) is 2.10. The van der Waals surface area contributed by atoms with Crippen LogP contribution < -0.4 is 0 Å². The average molecular weight is 329 g/mol. The highest BCUT2D eigenvalue weighted by molar-refractivity contribution is 9.08. The SMILES string of the molecule is FC(F)(F)c1cn2ccc3cc(CBr)ccc3c2n1. The number of halogens is 4. The van der Waals surface area contributed by atoms with Crippen LogP contribution in [0.15, 0.2) is 36.7 Å². The van der Waals surface area contributed by atoms with Crippen LogP contribution in [0, 0.1) is 0 Å². The molecule has 0 bridgehead atoms. The molecule has 2 heterocycles. The Labute approximate surface area is 115 Å². The summed E-state index contributed by atoms with van der Waals surface area (Å²) < 4.78 is 39.4. The first-order valence-electron chi connectivity index (χ1n) is 5.52. The maximum atomic E-state index is 12.7. The van der Waals surface area contributed by atoms with Crippen LogP contribution in [0.4, 0.5) is 13.2 Å². The molecule has 6 heteroatoms. The van der Waals surface area contributed by atoms with E-state index in [4.69, 9.17) is 0 Å². The molecule has 2 aromatic heterocycles. The van der Waals surface area contributed by atoms with Gasteiger partial charge in [-0.15, -0.1) is 0 Å². The molecule has 0 radical (unpaired) electrons. The number of imidazole rings is 1. The van der Waals surface area contributed by atoms with E-state index in [0.717, 1.165) is 17.1 Å². The summed E-state index contributed by atoms with van der Waals surface area (Å²) in [6.45, 7) is 0. The van der Waals surface area contributed by atoms with Crippen LogP contribution in [0.5, 0.6) is 0 Å². The predicted octanol–water partition coefficient (Wildman–Crippen LogP) is 4.40. The van der Waals surface area contributed by atoms with Gasteiger partial charge in [-0.2, -0.15) is 13.2 Å². The molecule has 0 aliphatic carbocycles. The highest BCUT2D eigenvalue weighted by Crippen LogP contribution is 2.30. The molecule has 0 saturated heterocycles. The lowest BCUT2D eigenvalue weighted by atomic mass is 10.1. The average Bonchev–Trinajstić information content (AvgIpc) is 2.82. The molecule has 1 aromatic carbocycles. The van der Waals surface area contributed by atoms with E-state index in [0.29, 0.717) is 16.4 Å². The Morgan fingerprint density at radius 1 is 1.21 bits per heavy atom. The summed E-state index contributed by atoms with van der Waals surface area (Å²) in [6.07, 6.45) is -1.82. The number of hydrogen-bond acceptors (Lipinski definition) is 1. The Hall–Kier alpha value is -1.56. The predicted molar refractivity (Wildman–Crippen MR) is 70.3 cm³/mol. The lowest BCUT2D eigenvalue weighted by Gasteiger charge is -2.02. The Morgan fingerprint density at radius 2 is 2.00 bits per heavy atom. The zero-order valence-electron chi connectivity index (χ0n) is 9.58. The van der Waals surface area contributed by atoms with E-state index in [1.165, 1.54) is 4.40 Å². The summed E-state index contributed by atoms with van der Waals surface area (Å²) in [4.78, 5) is 3.69. The van der Waals surface area contributed by atoms with E-state index in [1.54, 1.807) is 18.3 Å². The van der Waals surface area contributed by atoms with Gasteiger partial charge in [-0.25, -0.2) is 4.98 Å². The Morgan fingerprint density at radius 3 is 2.68 bits per heavy atom. The van der Waals surface area contributed by atoms with Gasteiger partial charge in [0.25, 0.3) is 0 Å². The van der Waals surface area contributed by atoms with E-state index in [2.05, 4.69) is 20.9 Å². The zero-order valence-corrected chi connectivity index (χ0v) is 11.2. The molecule has 0 amide bonds. The summed E-state index contributed by atoms with van der Waals surface area (Å²) in [6, 6.07) is 7.40. The molecule has 3 aromatic rings. The topological polar surface area (TPSA) is 17.3 Å². The summed E-state index contributed by atoms with van der Waals surface area (Å²) >= 11 is 3.35. The molecule has 98 valence electrons. The van der Waals surface area contributed by atoms with E-state index in [1.807, 2.05) is 12.1 Å². The summed E-state index contributed by atoms with van der Waals surface area (Å²) in [5, 5.41) is 2.29. The van der Waals surface area contributed by atoms with Gasteiger partial charge in [0.05, 0.1) is 0 Å². The highest BCUT2D eigenvalue weighted by Gasteiger charge is 2.34. The number of benzene rings is 1. The molecule has 0 N–H and O–H groups in total. The van der Waals surface area contributed by atoms with Crippen molar-refractivity contribution in [2.45, 2.75) is 11.5 Å². The van der Waals surface area contributed by atoms with Crippen LogP contribution in [-0.4, -0.2) is 9.38 Å². The second-order valence-corrected chi connectivity index (χ2v) is 4.79. The van der Waals surface area contributed by atoms with Crippen molar-refractivity contribution in [2.75, 3.05) is 0 Å². The number of rotatable bonds is 1. The van der Waals surface area contributed by atoms with Crippen LogP contribution in [-0.2, 0) is 11.5 Å². The van der Waals surface area contributed by atoms with Gasteiger partial charge in [0.15, 0.2) is 5.69 Å². The van der Waals surface area contributed by atoms with Crippen molar-refractivity contribution in [2.24, 2.45) is 0 Å². The number of nitrogens with zero attached hydrogens (tertiary/aromatic N) is 2. The number of hydrogen-bond donors (Lipinski definition) is 0. The van der Waals surface area contributed by atoms with Crippen molar-refractivity contribution < 1.29 is 13.2 Å². The van der Waals surface area contributed by atoms with Gasteiger partial charge in [-0.05, 0) is 17.0 Å². The maximum Gasteiger partial charge on any atom is 0.434 e. The minimum atomic E-state index is -4.42. The number of alkyl halides is 4. The molecule has 2 nitrogen and oxygen atoms in total. The first-order valence-corrected chi connectivity index (χ1v) is 6.65. The smallest absolute Gasteiger partial charge is 0.306 e. The molecule has 0 fully saturated rings. The zero-order chi connectivity index (χ0) is 13.6. The Bertz CT molecular complexity index is 761. The normalized spacial score (nSPS) is 12.4. The largest absolute Gasteiger partial charge is 0.434 e. The Kier molecular flexibility index (Phi) is 2.78. The van der Waals surface area contributed by atoms with Gasteiger partial charge < -0.3 is 4.40 Å². The minimum absolute atomic E-state index is 0.325. The second kappa shape index (κ2) is 4.23. The van der Waals surface area contributed by atoms with E-state index >= 15 is 0 Å². The first-order chi connectivity index (χ1) is 8.99. The quantitative estimate of drug-likeness (QED) is 0.605. The maximum absolute atomic E-state index is 12.7. The monoisotopic (exact) mass is 328 g/mol. The van der Waals surface area contributed by atoms with Gasteiger partial charge in [0.2, 0.25) is 0 Å². The van der Waals surface area contributed by atoms with Crippen molar-refractivity contribution in [1.29, 1.82) is 0 Å². The molecule has 0 saturated carbocycles. The molecule has 0 spiro atoms. The molecule has 0 aliphatic rings. The van der Waals surface area contributed by atoms with Crippen molar-refractivity contribution >= 4 is 32.3 Å². The van der Waals surface area contributed by atoms with Gasteiger partial charge in [-0.1, -0.05) is 34.1 Å². The van der Waals surface area contributed by atoms with Gasteiger partial charge in [0, 0.05) is 23.1 Å². The first kappa shape index (κ1) is 12.5. The molecule has 0 aliphatic heterocycles. The number of fused-ring (bicyclic) bond motifs is 3. The second-order valence-electron chi connectivity index (χ2n) is 4.23. The fourth-order valence-electron chi connectivity index (χ4n) is 2.04. The molecule has 3 rings (SSSR count). The fraction of sp³-hybridized carbons (Fsp3) is 0.154. The van der Waals surface area contributed by atoms with Crippen LogP contribution in [0.25, 0.3) is 16.4 Å². The third-order valence-corrected chi connectivity index (χ3v) is 3.60. The van der Waals surface area contributed by atoms with Crippen LogP contribution in [0.1, 0.15) is 11.3 Å². The van der Waals surface area contributed by atoms with E-state index < -0.39 is 11.9 Å². The standard InChI is InChI=1S/C13H8BrF3N2/c14-6-8-1-2-10-9(5-8)3-4-19-7-11(13(15,16)17)18-12(10)19/h1-5,7H,6H2. The highest BCUT2D eigenvalue weighted by atomic mass is 79.9. The summed E-state index contributed by atoms with van der Waals surface area (Å²) in [5.41, 5.74) is 0.523. The van der Waals surface area contributed by atoms with E-state index in [9.17, 15) is 13.2 Å². The molecule has 19 heavy (non-hydrogen) atoms. The van der Waals surface area contributed by atoms with Gasteiger partial charge in [0.1, 0.15) is 5.65 Å². The van der Waals surface area contributed by atoms with Crippen molar-refractivity contribution in [3.63, 3.8) is 0 Å². The lowest BCUT2D eigenvalue weighted by molar-refractivity contribution is -0.140. The van der Waals surface area contributed by atoms with Crippen molar-refractivity contribution in [3.8, 4) is 0 Å². The van der Waals surface area contributed by atoms with Crippen LogP contribution in [0.2, 0.25) is 0 Å². The molecule has 0 atom stereocenters. The molecular formula is C13H8BrF3N2. The number of aromatic nitrogens is 2. The van der Waals surface area contributed by atoms with Crippen LogP contribution in [0.3, 0.4) is 0 Å². The lowest BCUT2D eigenvalue weighted by Crippen LogP contribution is -2.04. The fourth-order valence-corrected chi connectivity index (χ4v) is 2.39. The van der Waals surface area contributed by atoms with Crippen LogP contribution >= 0.6 is 15.9 Å². The van der Waals surface area contributed by atoms with Gasteiger partial charge >= 0.3 is 6.18 Å². The van der Waals surface area contributed by atoms with E-state index in [-0.39, 0.29) is 0 Å². The van der Waals surface area contributed by atoms with Crippen molar-refractivity contribution in [3.05, 3.63) is 47.9 Å². The number of pyridine rings is 1. The molecule has 0 unspecified atom stereocenters.